The van der Waals surface area contributed by atoms with Gasteiger partial charge in [0.1, 0.15) is 0 Å². The summed E-state index contributed by atoms with van der Waals surface area (Å²) in [6.07, 6.45) is -0.160. The van der Waals surface area contributed by atoms with E-state index in [0.717, 1.165) is 11.1 Å². The van der Waals surface area contributed by atoms with Gasteiger partial charge < -0.3 is 10.1 Å². The van der Waals surface area contributed by atoms with Gasteiger partial charge in [-0.2, -0.15) is 0 Å². The van der Waals surface area contributed by atoms with Crippen LogP contribution in [0, 0.1) is 13.8 Å². The van der Waals surface area contributed by atoms with Gasteiger partial charge in [0, 0.05) is 23.5 Å². The number of carbonyl (C=O) groups excluding carboxylic acids is 3. The van der Waals surface area contributed by atoms with E-state index in [4.69, 9.17) is 4.74 Å². The van der Waals surface area contributed by atoms with Crippen molar-refractivity contribution < 1.29 is 19.1 Å². The van der Waals surface area contributed by atoms with Crippen LogP contribution in [0.4, 0.5) is 17.1 Å². The number of anilines is 3. The van der Waals surface area contributed by atoms with Gasteiger partial charge in [-0.05, 0) is 55.3 Å². The van der Waals surface area contributed by atoms with Gasteiger partial charge in [-0.3, -0.25) is 19.3 Å². The highest BCUT2D eigenvalue weighted by molar-refractivity contribution is 6.01. The summed E-state index contributed by atoms with van der Waals surface area (Å²) in [5, 5.41) is 2.74. The van der Waals surface area contributed by atoms with Crippen LogP contribution in [0.3, 0.4) is 0 Å². The number of nitrogens with one attached hydrogen (secondary N) is 1. The van der Waals surface area contributed by atoms with Gasteiger partial charge in [0.25, 0.3) is 5.91 Å². The van der Waals surface area contributed by atoms with Crippen molar-refractivity contribution in [2.45, 2.75) is 26.7 Å². The van der Waals surface area contributed by atoms with Gasteiger partial charge in [0.05, 0.1) is 6.42 Å². The van der Waals surface area contributed by atoms with Crippen LogP contribution in [0.15, 0.2) is 78.9 Å². The maximum absolute atomic E-state index is 12.9. The first-order chi connectivity index (χ1) is 15.4. The largest absolute Gasteiger partial charge is 0.456 e. The SMILES string of the molecule is Cc1ccc(C)c(NC(=O)COC(=O)CCC(=O)N(c2ccccc2)c2ccccc2)c1. The summed E-state index contributed by atoms with van der Waals surface area (Å²) >= 11 is 0. The van der Waals surface area contributed by atoms with E-state index in [1.807, 2.05) is 92.7 Å². The Kier molecular flexibility index (Phi) is 7.75. The molecule has 0 aliphatic rings. The van der Waals surface area contributed by atoms with Crippen LogP contribution in [0.1, 0.15) is 24.0 Å². The summed E-state index contributed by atoms with van der Waals surface area (Å²) in [5.41, 5.74) is 4.04. The Balaban J connectivity index is 1.54. The van der Waals surface area contributed by atoms with Gasteiger partial charge in [-0.15, -0.1) is 0 Å². The molecule has 0 bridgehead atoms. The molecule has 0 aliphatic carbocycles. The van der Waals surface area contributed by atoms with E-state index in [9.17, 15) is 14.4 Å². The number of rotatable bonds is 8. The zero-order valence-corrected chi connectivity index (χ0v) is 18.2. The summed E-state index contributed by atoms with van der Waals surface area (Å²) in [6.45, 7) is 3.42. The third kappa shape index (κ3) is 6.28. The summed E-state index contributed by atoms with van der Waals surface area (Å²) in [5.74, 6) is -1.26. The molecule has 0 aromatic heterocycles. The van der Waals surface area contributed by atoms with Gasteiger partial charge in [-0.1, -0.05) is 48.5 Å². The summed E-state index contributed by atoms with van der Waals surface area (Å²) in [7, 11) is 0. The molecule has 0 spiro atoms. The van der Waals surface area contributed by atoms with E-state index in [2.05, 4.69) is 5.32 Å². The molecule has 1 N–H and O–H groups in total. The van der Waals surface area contributed by atoms with Crippen molar-refractivity contribution in [2.24, 2.45) is 0 Å². The lowest BCUT2D eigenvalue weighted by molar-refractivity contribution is -0.148. The average molecular weight is 431 g/mol. The molecule has 3 rings (SSSR count). The zero-order chi connectivity index (χ0) is 22.9. The Morgan fingerprint density at radius 1 is 0.812 bits per heavy atom. The van der Waals surface area contributed by atoms with E-state index in [1.54, 1.807) is 4.90 Å². The van der Waals surface area contributed by atoms with Gasteiger partial charge >= 0.3 is 5.97 Å². The quantitative estimate of drug-likeness (QED) is 0.514. The van der Waals surface area contributed by atoms with E-state index in [-0.39, 0.29) is 18.7 Å². The number of para-hydroxylation sites is 2. The van der Waals surface area contributed by atoms with E-state index in [0.29, 0.717) is 17.1 Å². The van der Waals surface area contributed by atoms with Crippen molar-refractivity contribution in [3.63, 3.8) is 0 Å². The molecular formula is C26H26N2O4. The second-order valence-electron chi connectivity index (χ2n) is 7.43. The second kappa shape index (κ2) is 10.9. The fourth-order valence-corrected chi connectivity index (χ4v) is 3.19. The molecule has 0 radical (unpaired) electrons. The molecule has 3 aromatic carbocycles. The highest BCUT2D eigenvalue weighted by atomic mass is 16.5. The van der Waals surface area contributed by atoms with Crippen LogP contribution in [0.5, 0.6) is 0 Å². The molecule has 6 nitrogen and oxygen atoms in total. The fraction of sp³-hybridized carbons (Fsp3) is 0.192. The molecule has 0 fully saturated rings. The Bertz CT molecular complexity index is 1040. The van der Waals surface area contributed by atoms with Crippen LogP contribution < -0.4 is 10.2 Å². The Hall–Kier alpha value is -3.93. The molecule has 0 saturated heterocycles. The molecule has 0 heterocycles. The fourth-order valence-electron chi connectivity index (χ4n) is 3.19. The minimum Gasteiger partial charge on any atom is -0.456 e. The highest BCUT2D eigenvalue weighted by Crippen LogP contribution is 2.26. The lowest BCUT2D eigenvalue weighted by Gasteiger charge is -2.23. The molecule has 32 heavy (non-hydrogen) atoms. The number of hydrogen-bond acceptors (Lipinski definition) is 4. The third-order valence-corrected chi connectivity index (χ3v) is 4.85. The van der Waals surface area contributed by atoms with Crippen LogP contribution in [0.25, 0.3) is 0 Å². The summed E-state index contributed by atoms with van der Waals surface area (Å²) in [6, 6.07) is 24.2. The van der Waals surface area contributed by atoms with Gasteiger partial charge in [0.2, 0.25) is 5.91 Å². The molecular weight excluding hydrogens is 404 g/mol. The predicted molar refractivity (Wildman–Crippen MR) is 125 cm³/mol. The standard InChI is InChI=1S/C26H26N2O4/c1-19-13-14-20(2)23(17-19)27-24(29)18-32-26(31)16-15-25(30)28(21-9-5-3-6-10-21)22-11-7-4-8-12-22/h3-14,17H,15-16,18H2,1-2H3,(H,27,29). The molecule has 0 unspecified atom stereocenters. The number of esters is 1. The topological polar surface area (TPSA) is 75.7 Å². The Labute approximate surface area is 187 Å². The van der Waals surface area contributed by atoms with Crippen molar-refractivity contribution in [3.8, 4) is 0 Å². The summed E-state index contributed by atoms with van der Waals surface area (Å²) < 4.78 is 5.07. The van der Waals surface area contributed by atoms with Gasteiger partial charge in [0.15, 0.2) is 6.61 Å². The van der Waals surface area contributed by atoms with Crippen LogP contribution in [0.2, 0.25) is 0 Å². The van der Waals surface area contributed by atoms with Crippen molar-refractivity contribution in [2.75, 3.05) is 16.8 Å². The molecule has 6 heteroatoms. The van der Waals surface area contributed by atoms with Crippen LogP contribution in [-0.4, -0.2) is 24.4 Å². The minimum atomic E-state index is -0.601. The first-order valence-electron chi connectivity index (χ1n) is 10.4. The third-order valence-electron chi connectivity index (χ3n) is 4.85. The zero-order valence-electron chi connectivity index (χ0n) is 18.2. The number of ether oxygens (including phenoxy) is 1. The number of carbonyl (C=O) groups is 3. The number of amides is 2. The molecule has 0 saturated carbocycles. The lowest BCUT2D eigenvalue weighted by Crippen LogP contribution is -2.27. The van der Waals surface area contributed by atoms with E-state index in [1.165, 1.54) is 0 Å². The number of nitrogens with zero attached hydrogens (tertiary/aromatic N) is 1. The minimum absolute atomic E-state index is 0.0404. The first-order valence-corrected chi connectivity index (χ1v) is 10.4. The smallest absolute Gasteiger partial charge is 0.306 e. The Morgan fingerprint density at radius 3 is 2.00 bits per heavy atom. The molecule has 0 aliphatic heterocycles. The maximum Gasteiger partial charge on any atom is 0.306 e. The highest BCUT2D eigenvalue weighted by Gasteiger charge is 2.19. The monoisotopic (exact) mass is 430 g/mol. The number of benzene rings is 3. The maximum atomic E-state index is 12.9. The van der Waals surface area contributed by atoms with E-state index < -0.39 is 18.5 Å². The van der Waals surface area contributed by atoms with Crippen molar-refractivity contribution >= 4 is 34.8 Å². The molecule has 2 amide bonds. The molecule has 3 aromatic rings. The predicted octanol–water partition coefficient (Wildman–Crippen LogP) is 4.93. The van der Waals surface area contributed by atoms with E-state index >= 15 is 0 Å². The summed E-state index contributed by atoms with van der Waals surface area (Å²) in [4.78, 5) is 38.8. The second-order valence-corrected chi connectivity index (χ2v) is 7.43. The van der Waals surface area contributed by atoms with Gasteiger partial charge in [-0.25, -0.2) is 0 Å². The van der Waals surface area contributed by atoms with Crippen molar-refractivity contribution in [1.82, 2.24) is 0 Å². The molecule has 164 valence electrons. The van der Waals surface area contributed by atoms with Crippen LogP contribution >= 0.6 is 0 Å². The normalized spacial score (nSPS) is 10.3. The van der Waals surface area contributed by atoms with Crippen molar-refractivity contribution in [1.29, 1.82) is 0 Å². The van der Waals surface area contributed by atoms with Crippen LogP contribution in [-0.2, 0) is 19.1 Å². The van der Waals surface area contributed by atoms with Crippen molar-refractivity contribution in [3.05, 3.63) is 90.0 Å². The number of hydrogen-bond donors (Lipinski definition) is 1. The first kappa shape index (κ1) is 22.7. The average Bonchev–Trinajstić information content (AvgIpc) is 2.80. The lowest BCUT2D eigenvalue weighted by atomic mass is 10.1. The molecule has 0 atom stereocenters. The Morgan fingerprint density at radius 2 is 1.41 bits per heavy atom. The number of aryl methyl sites for hydroxylation is 2.